The summed E-state index contributed by atoms with van der Waals surface area (Å²) in [6.45, 7) is 3.84. The largest absolute Gasteiger partial charge is 0.396 e. The van der Waals surface area contributed by atoms with Crippen LogP contribution >= 0.6 is 11.3 Å². The van der Waals surface area contributed by atoms with Gasteiger partial charge in [-0.25, -0.2) is 0 Å². The van der Waals surface area contributed by atoms with Gasteiger partial charge in [-0.1, -0.05) is 6.07 Å². The number of aliphatic hydroxyl groups excluding tert-OH is 1. The Bertz CT molecular complexity index is 383. The summed E-state index contributed by atoms with van der Waals surface area (Å²) < 4.78 is 5.63. The van der Waals surface area contributed by atoms with Crippen molar-refractivity contribution in [3.8, 4) is 0 Å². The molecular formula is C15H23NO2S. The highest BCUT2D eigenvalue weighted by Gasteiger charge is 2.38. The Hall–Kier alpha value is -0.420. The third-order valence-corrected chi connectivity index (χ3v) is 5.14. The van der Waals surface area contributed by atoms with Crippen LogP contribution in [0.5, 0.6) is 0 Å². The van der Waals surface area contributed by atoms with Crippen molar-refractivity contribution in [3.63, 3.8) is 0 Å². The first-order valence-electron chi connectivity index (χ1n) is 7.26. The molecule has 1 saturated carbocycles. The Morgan fingerprint density at radius 3 is 2.95 bits per heavy atom. The maximum absolute atomic E-state index is 9.81. The predicted octanol–water partition coefficient (Wildman–Crippen LogP) is 2.50. The number of thiophene rings is 1. The third kappa shape index (κ3) is 3.37. The van der Waals surface area contributed by atoms with Crippen LogP contribution in [0.25, 0.3) is 0 Å². The van der Waals surface area contributed by atoms with Crippen LogP contribution in [-0.4, -0.2) is 42.4 Å². The number of hydrogen-bond donors (Lipinski definition) is 1. The molecule has 0 spiro atoms. The van der Waals surface area contributed by atoms with Gasteiger partial charge in [0.25, 0.3) is 0 Å². The molecule has 1 saturated heterocycles. The minimum atomic E-state index is -0.0297. The second kappa shape index (κ2) is 5.92. The average molecular weight is 281 g/mol. The molecule has 0 radical (unpaired) electrons. The van der Waals surface area contributed by atoms with Gasteiger partial charge in [-0.15, -0.1) is 11.3 Å². The highest BCUT2D eigenvalue weighted by Crippen LogP contribution is 2.35. The highest BCUT2D eigenvalue weighted by atomic mass is 32.1. The van der Waals surface area contributed by atoms with Gasteiger partial charge in [-0.2, -0.15) is 0 Å². The zero-order valence-corrected chi connectivity index (χ0v) is 12.2. The molecule has 19 heavy (non-hydrogen) atoms. The van der Waals surface area contributed by atoms with Gasteiger partial charge in [0, 0.05) is 36.0 Å². The van der Waals surface area contributed by atoms with E-state index in [0.29, 0.717) is 0 Å². The van der Waals surface area contributed by atoms with E-state index >= 15 is 0 Å². The lowest BCUT2D eigenvalue weighted by Gasteiger charge is -2.39. The molecule has 1 atom stereocenters. The molecule has 0 bridgehead atoms. The molecule has 1 aromatic heterocycles. The topological polar surface area (TPSA) is 32.7 Å². The third-order valence-electron chi connectivity index (χ3n) is 4.28. The zero-order valence-electron chi connectivity index (χ0n) is 11.4. The van der Waals surface area contributed by atoms with Crippen LogP contribution in [0.15, 0.2) is 17.5 Å². The number of hydrogen-bond acceptors (Lipinski definition) is 4. The van der Waals surface area contributed by atoms with E-state index < -0.39 is 0 Å². The second-order valence-corrected chi connectivity index (χ2v) is 7.06. The summed E-state index contributed by atoms with van der Waals surface area (Å²) in [5, 5.41) is 12.0. The molecule has 0 aromatic carbocycles. The number of aliphatic hydroxyl groups is 1. The van der Waals surface area contributed by atoms with Crippen molar-refractivity contribution in [2.24, 2.45) is 5.41 Å². The van der Waals surface area contributed by atoms with Crippen LogP contribution in [0.4, 0.5) is 0 Å². The smallest absolute Gasteiger partial charge is 0.0556 e. The van der Waals surface area contributed by atoms with E-state index in [0.717, 1.165) is 45.2 Å². The fourth-order valence-electron chi connectivity index (χ4n) is 3.00. The monoisotopic (exact) mass is 281 g/mol. The van der Waals surface area contributed by atoms with E-state index in [9.17, 15) is 5.11 Å². The lowest BCUT2D eigenvalue weighted by Crippen LogP contribution is -2.46. The van der Waals surface area contributed by atoms with E-state index in [-0.39, 0.29) is 12.0 Å². The molecule has 1 aliphatic carbocycles. The predicted molar refractivity (Wildman–Crippen MR) is 77.3 cm³/mol. The summed E-state index contributed by atoms with van der Waals surface area (Å²) in [6, 6.07) is 5.06. The van der Waals surface area contributed by atoms with Crippen molar-refractivity contribution >= 4 is 11.3 Å². The van der Waals surface area contributed by atoms with Crippen LogP contribution < -0.4 is 0 Å². The van der Waals surface area contributed by atoms with Gasteiger partial charge in [0.2, 0.25) is 0 Å². The van der Waals surface area contributed by atoms with E-state index in [1.165, 1.54) is 17.7 Å². The normalized spacial score (nSPS) is 27.9. The van der Waals surface area contributed by atoms with Crippen molar-refractivity contribution in [2.75, 3.05) is 26.4 Å². The molecule has 106 valence electrons. The fraction of sp³-hybridized carbons (Fsp3) is 0.733. The van der Waals surface area contributed by atoms with Crippen LogP contribution in [0.1, 0.15) is 30.6 Å². The summed E-state index contributed by atoms with van der Waals surface area (Å²) in [5.74, 6) is 0. The highest BCUT2D eigenvalue weighted by molar-refractivity contribution is 7.09. The molecule has 0 amide bonds. The molecule has 3 nitrogen and oxygen atoms in total. The van der Waals surface area contributed by atoms with Crippen LogP contribution in [0.2, 0.25) is 0 Å². The van der Waals surface area contributed by atoms with Crippen LogP contribution in [0.3, 0.4) is 0 Å². The van der Waals surface area contributed by atoms with Crippen molar-refractivity contribution in [1.29, 1.82) is 0 Å². The zero-order chi connectivity index (χ0) is 13.1. The molecule has 1 unspecified atom stereocenters. The summed E-state index contributed by atoms with van der Waals surface area (Å²) in [7, 11) is 0. The van der Waals surface area contributed by atoms with Gasteiger partial charge in [0.05, 0.1) is 13.2 Å². The second-order valence-electron chi connectivity index (χ2n) is 6.03. The van der Waals surface area contributed by atoms with Crippen LogP contribution in [-0.2, 0) is 11.3 Å². The Morgan fingerprint density at radius 1 is 1.47 bits per heavy atom. The van der Waals surface area contributed by atoms with Crippen molar-refractivity contribution in [1.82, 2.24) is 4.90 Å². The first-order chi connectivity index (χ1) is 9.31. The first-order valence-corrected chi connectivity index (χ1v) is 8.14. The molecule has 2 fully saturated rings. The van der Waals surface area contributed by atoms with Gasteiger partial charge in [0.15, 0.2) is 0 Å². The van der Waals surface area contributed by atoms with E-state index in [1.807, 2.05) is 11.3 Å². The SMILES string of the molecule is OCC1(CN(Cc2cccs2)C2CC2)CCCOC1. The summed E-state index contributed by atoms with van der Waals surface area (Å²) >= 11 is 1.83. The molecule has 2 aliphatic rings. The Balaban J connectivity index is 1.66. The first kappa shape index (κ1) is 13.6. The summed E-state index contributed by atoms with van der Waals surface area (Å²) in [6.07, 6.45) is 4.80. The van der Waals surface area contributed by atoms with Crippen LogP contribution in [0, 0.1) is 5.41 Å². The molecule has 2 heterocycles. The fourth-order valence-corrected chi connectivity index (χ4v) is 3.73. The minimum Gasteiger partial charge on any atom is -0.396 e. The van der Waals surface area contributed by atoms with Gasteiger partial charge >= 0.3 is 0 Å². The molecular weight excluding hydrogens is 258 g/mol. The van der Waals surface area contributed by atoms with Gasteiger partial charge in [-0.3, -0.25) is 4.90 Å². The van der Waals surface area contributed by atoms with Gasteiger partial charge < -0.3 is 9.84 Å². The number of rotatable bonds is 6. The summed E-state index contributed by atoms with van der Waals surface area (Å²) in [4.78, 5) is 3.99. The number of nitrogens with zero attached hydrogens (tertiary/aromatic N) is 1. The van der Waals surface area contributed by atoms with Crippen molar-refractivity contribution < 1.29 is 9.84 Å². The van der Waals surface area contributed by atoms with E-state index in [1.54, 1.807) is 0 Å². The van der Waals surface area contributed by atoms with Gasteiger partial charge in [0.1, 0.15) is 0 Å². The summed E-state index contributed by atoms with van der Waals surface area (Å²) in [5.41, 5.74) is -0.0297. The Kier molecular flexibility index (Phi) is 4.22. The maximum atomic E-state index is 9.81. The average Bonchev–Trinajstić information content (AvgIpc) is 3.18. The van der Waals surface area contributed by atoms with Gasteiger partial charge in [-0.05, 0) is 37.1 Å². The maximum Gasteiger partial charge on any atom is 0.0556 e. The molecule has 3 rings (SSSR count). The number of ether oxygens (including phenoxy) is 1. The lowest BCUT2D eigenvalue weighted by molar-refractivity contribution is -0.0576. The van der Waals surface area contributed by atoms with E-state index in [2.05, 4.69) is 22.4 Å². The molecule has 1 aliphatic heterocycles. The van der Waals surface area contributed by atoms with Crippen molar-refractivity contribution in [3.05, 3.63) is 22.4 Å². The minimum absolute atomic E-state index is 0.0297. The quantitative estimate of drug-likeness (QED) is 0.869. The standard InChI is InChI=1S/C15H23NO2S/c17-11-15(6-2-7-18-12-15)10-16(13-4-5-13)9-14-3-1-8-19-14/h1,3,8,13,17H,2,4-7,9-12H2. The molecule has 1 N–H and O–H groups in total. The molecule has 1 aromatic rings. The van der Waals surface area contributed by atoms with Crippen molar-refractivity contribution in [2.45, 2.75) is 38.3 Å². The molecule has 4 heteroatoms. The lowest BCUT2D eigenvalue weighted by atomic mass is 9.82. The Labute approximate surface area is 119 Å². The Morgan fingerprint density at radius 2 is 2.37 bits per heavy atom. The van der Waals surface area contributed by atoms with E-state index in [4.69, 9.17) is 4.74 Å².